The molecule has 2 aromatic rings. The van der Waals surface area contributed by atoms with Crippen molar-refractivity contribution in [3.63, 3.8) is 0 Å². The molecule has 2 aliphatic rings. The van der Waals surface area contributed by atoms with Crippen LogP contribution in [0.1, 0.15) is 6.42 Å². The number of likely N-dealkylation sites (N-methyl/N-ethyl adjacent to an activating group) is 1. The number of ether oxygens (including phenoxy) is 3. The molecule has 0 spiro atoms. The highest BCUT2D eigenvalue weighted by atomic mass is 16.7. The Morgan fingerprint density at radius 1 is 1.16 bits per heavy atom. The number of benzene rings is 2. The van der Waals surface area contributed by atoms with Crippen molar-refractivity contribution in [1.82, 2.24) is 0 Å². The van der Waals surface area contributed by atoms with Crippen LogP contribution in [0.5, 0.6) is 17.2 Å². The largest absolute Gasteiger partial charge is 0.478 e. The first-order chi connectivity index (χ1) is 12.1. The fourth-order valence-electron chi connectivity index (χ4n) is 2.86. The van der Waals surface area contributed by atoms with E-state index in [9.17, 15) is 9.59 Å². The molecule has 0 bridgehead atoms. The molecular formula is C18H16N2O5. The van der Waals surface area contributed by atoms with Gasteiger partial charge in [0.25, 0.3) is 5.91 Å². The van der Waals surface area contributed by atoms with E-state index in [1.54, 1.807) is 37.4 Å². The van der Waals surface area contributed by atoms with Crippen molar-refractivity contribution in [1.29, 1.82) is 0 Å². The molecule has 0 fully saturated rings. The van der Waals surface area contributed by atoms with Crippen LogP contribution < -0.4 is 24.4 Å². The number of carbonyl (C=O) groups excluding carboxylic acids is 2. The maximum Gasteiger partial charge on any atom is 0.268 e. The van der Waals surface area contributed by atoms with Crippen LogP contribution >= 0.6 is 0 Å². The SMILES string of the molecule is CN1C(=O)C(CC(=O)Nc2ccc3c(c2)OCO3)Oc2ccccc21. The number of anilines is 2. The lowest BCUT2D eigenvalue weighted by atomic mass is 10.1. The molecule has 0 aliphatic carbocycles. The standard InChI is InChI=1S/C18H16N2O5/c1-20-12-4-2-3-5-13(12)25-16(18(20)22)9-17(21)19-11-6-7-14-15(8-11)24-10-23-14/h2-8,16H,9-10H2,1H3,(H,19,21). The number of carbonyl (C=O) groups is 2. The number of nitrogens with zero attached hydrogens (tertiary/aromatic N) is 1. The zero-order valence-electron chi connectivity index (χ0n) is 13.5. The maximum absolute atomic E-state index is 12.4. The fourth-order valence-corrected chi connectivity index (χ4v) is 2.86. The fraction of sp³-hybridized carbons (Fsp3) is 0.222. The second-order valence-corrected chi connectivity index (χ2v) is 5.79. The topological polar surface area (TPSA) is 77.1 Å². The average Bonchev–Trinajstić information content (AvgIpc) is 3.07. The molecule has 2 aliphatic heterocycles. The number of para-hydroxylation sites is 2. The van der Waals surface area contributed by atoms with Crippen molar-refractivity contribution in [2.24, 2.45) is 0 Å². The van der Waals surface area contributed by atoms with Gasteiger partial charge in [0, 0.05) is 18.8 Å². The molecule has 2 amide bonds. The van der Waals surface area contributed by atoms with E-state index in [2.05, 4.69) is 5.32 Å². The molecule has 1 atom stereocenters. The van der Waals surface area contributed by atoms with Crippen molar-refractivity contribution in [2.75, 3.05) is 24.1 Å². The van der Waals surface area contributed by atoms with Gasteiger partial charge in [-0.15, -0.1) is 0 Å². The number of amides is 2. The van der Waals surface area contributed by atoms with Crippen LogP contribution in [-0.4, -0.2) is 31.8 Å². The smallest absolute Gasteiger partial charge is 0.268 e. The van der Waals surface area contributed by atoms with Gasteiger partial charge >= 0.3 is 0 Å². The van der Waals surface area contributed by atoms with Crippen molar-refractivity contribution >= 4 is 23.2 Å². The molecule has 1 N–H and O–H groups in total. The highest BCUT2D eigenvalue weighted by molar-refractivity contribution is 6.03. The van der Waals surface area contributed by atoms with Gasteiger partial charge in [-0.1, -0.05) is 12.1 Å². The van der Waals surface area contributed by atoms with Crippen LogP contribution in [0.3, 0.4) is 0 Å². The van der Waals surface area contributed by atoms with Crippen LogP contribution in [0.2, 0.25) is 0 Å². The first-order valence-corrected chi connectivity index (χ1v) is 7.84. The van der Waals surface area contributed by atoms with Gasteiger partial charge in [0.15, 0.2) is 17.6 Å². The van der Waals surface area contributed by atoms with E-state index in [1.807, 2.05) is 12.1 Å². The molecule has 0 radical (unpaired) electrons. The lowest BCUT2D eigenvalue weighted by Gasteiger charge is -2.31. The summed E-state index contributed by atoms with van der Waals surface area (Å²) < 4.78 is 16.2. The number of fused-ring (bicyclic) bond motifs is 2. The van der Waals surface area contributed by atoms with E-state index in [4.69, 9.17) is 14.2 Å². The van der Waals surface area contributed by atoms with Gasteiger partial charge in [0.1, 0.15) is 5.75 Å². The summed E-state index contributed by atoms with van der Waals surface area (Å²) in [4.78, 5) is 26.2. The average molecular weight is 340 g/mol. The van der Waals surface area contributed by atoms with Crippen LogP contribution in [0.4, 0.5) is 11.4 Å². The minimum absolute atomic E-state index is 0.0774. The third kappa shape index (κ3) is 2.84. The molecule has 128 valence electrons. The van der Waals surface area contributed by atoms with Gasteiger partial charge in [-0.05, 0) is 24.3 Å². The van der Waals surface area contributed by atoms with Crippen molar-refractivity contribution in [3.8, 4) is 17.2 Å². The van der Waals surface area contributed by atoms with Gasteiger partial charge in [0.05, 0.1) is 12.1 Å². The monoisotopic (exact) mass is 340 g/mol. The Morgan fingerprint density at radius 3 is 2.84 bits per heavy atom. The lowest BCUT2D eigenvalue weighted by molar-refractivity contribution is -0.130. The van der Waals surface area contributed by atoms with Crippen molar-refractivity contribution < 1.29 is 23.8 Å². The summed E-state index contributed by atoms with van der Waals surface area (Å²) in [5, 5.41) is 2.75. The van der Waals surface area contributed by atoms with Crippen molar-refractivity contribution in [2.45, 2.75) is 12.5 Å². The Labute approximate surface area is 144 Å². The van der Waals surface area contributed by atoms with E-state index < -0.39 is 6.10 Å². The summed E-state index contributed by atoms with van der Waals surface area (Å²) >= 11 is 0. The normalized spacial score (nSPS) is 17.7. The molecule has 7 heteroatoms. The minimum Gasteiger partial charge on any atom is -0.478 e. The Balaban J connectivity index is 1.45. The minimum atomic E-state index is -0.853. The molecule has 1 unspecified atom stereocenters. The second kappa shape index (κ2) is 6.01. The zero-order valence-corrected chi connectivity index (χ0v) is 13.5. The third-order valence-corrected chi connectivity index (χ3v) is 4.13. The Hall–Kier alpha value is -3.22. The van der Waals surface area contributed by atoms with Gasteiger partial charge in [0.2, 0.25) is 12.7 Å². The Morgan fingerprint density at radius 2 is 1.96 bits per heavy atom. The van der Waals surface area contributed by atoms with Gasteiger partial charge in [-0.3, -0.25) is 9.59 Å². The molecule has 25 heavy (non-hydrogen) atoms. The quantitative estimate of drug-likeness (QED) is 0.927. The van der Waals surface area contributed by atoms with Crippen LogP contribution in [0, 0.1) is 0 Å². The van der Waals surface area contributed by atoms with E-state index in [1.165, 1.54) is 4.90 Å². The number of rotatable bonds is 3. The summed E-state index contributed by atoms with van der Waals surface area (Å²) in [6.45, 7) is 0.170. The third-order valence-electron chi connectivity index (χ3n) is 4.13. The summed E-state index contributed by atoms with van der Waals surface area (Å²) in [7, 11) is 1.67. The molecule has 4 rings (SSSR count). The van der Waals surface area contributed by atoms with E-state index in [-0.39, 0.29) is 25.0 Å². The summed E-state index contributed by atoms with van der Waals surface area (Å²) in [6, 6.07) is 12.4. The molecule has 0 saturated heterocycles. The first kappa shape index (κ1) is 15.3. The molecular weight excluding hydrogens is 324 g/mol. The Kier molecular flexibility index (Phi) is 3.68. The summed E-state index contributed by atoms with van der Waals surface area (Å²) in [6.07, 6.45) is -0.930. The molecule has 2 aromatic carbocycles. The summed E-state index contributed by atoms with van der Waals surface area (Å²) in [5.41, 5.74) is 1.27. The molecule has 7 nitrogen and oxygen atoms in total. The Bertz CT molecular complexity index is 851. The number of hydrogen-bond donors (Lipinski definition) is 1. The van der Waals surface area contributed by atoms with E-state index in [0.717, 1.165) is 0 Å². The zero-order chi connectivity index (χ0) is 17.4. The van der Waals surface area contributed by atoms with Crippen LogP contribution in [0.15, 0.2) is 42.5 Å². The number of nitrogens with one attached hydrogen (secondary N) is 1. The predicted octanol–water partition coefficient (Wildman–Crippen LogP) is 2.17. The second-order valence-electron chi connectivity index (χ2n) is 5.79. The van der Waals surface area contributed by atoms with Gasteiger partial charge < -0.3 is 24.4 Å². The highest BCUT2D eigenvalue weighted by Crippen LogP contribution is 2.35. The molecule has 0 saturated carbocycles. The van der Waals surface area contributed by atoms with Crippen molar-refractivity contribution in [3.05, 3.63) is 42.5 Å². The van der Waals surface area contributed by atoms with Crippen LogP contribution in [0.25, 0.3) is 0 Å². The first-order valence-electron chi connectivity index (χ1n) is 7.84. The molecule has 2 heterocycles. The lowest BCUT2D eigenvalue weighted by Crippen LogP contribution is -2.45. The van der Waals surface area contributed by atoms with Gasteiger partial charge in [-0.25, -0.2) is 0 Å². The molecule has 0 aromatic heterocycles. The van der Waals surface area contributed by atoms with E-state index >= 15 is 0 Å². The highest BCUT2D eigenvalue weighted by Gasteiger charge is 2.33. The maximum atomic E-state index is 12.4. The summed E-state index contributed by atoms with van der Waals surface area (Å²) in [5.74, 6) is 1.24. The number of hydrogen-bond acceptors (Lipinski definition) is 5. The van der Waals surface area contributed by atoms with Crippen LogP contribution in [-0.2, 0) is 9.59 Å². The van der Waals surface area contributed by atoms with E-state index in [0.29, 0.717) is 28.6 Å². The predicted molar refractivity (Wildman–Crippen MR) is 90.1 cm³/mol. The van der Waals surface area contributed by atoms with Gasteiger partial charge in [-0.2, -0.15) is 0 Å².